The lowest BCUT2D eigenvalue weighted by Crippen LogP contribution is -1.90. The van der Waals surface area contributed by atoms with Crippen molar-refractivity contribution in [1.29, 1.82) is 0 Å². The van der Waals surface area contributed by atoms with Crippen LogP contribution in [0.2, 0.25) is 0 Å². The molecule has 0 atom stereocenters. The standard InChI is InChI=1S/C60H70S10/c1-5-9-13-17-21-41-25-27-45(65-41)39-63-59(64-40-46-28-26-42(66-46)22-18-14-10-6-2)55-47-33-35-61-57(47)51-38-50-52(37-49(51)55)58-48(34-36-62-58)56(50)60(69-53-31-29-43(67-53)23-19-15-11-7-3)70-54-32-30-44(68-54)24-20-16-12-8-4/h25-38H,5-24,39-40H2,1-4H3. The summed E-state index contributed by atoms with van der Waals surface area (Å²) in [6.07, 6.45) is 25.9. The van der Waals surface area contributed by atoms with Crippen LogP contribution in [-0.2, 0) is 37.2 Å². The molecule has 2 aliphatic rings. The predicted octanol–water partition coefficient (Wildman–Crippen LogP) is 23.4. The Morgan fingerprint density at radius 2 is 0.729 bits per heavy atom. The summed E-state index contributed by atoms with van der Waals surface area (Å²) in [5.41, 5.74) is 11.4. The van der Waals surface area contributed by atoms with Crippen molar-refractivity contribution in [3.63, 3.8) is 0 Å². The second kappa shape index (κ2) is 27.2. The number of aryl methyl sites for hydroxylation is 4. The molecule has 0 saturated carbocycles. The van der Waals surface area contributed by atoms with E-state index in [2.05, 4.69) is 135 Å². The number of hydrogen-bond acceptors (Lipinski definition) is 10. The molecule has 2 aliphatic carbocycles. The van der Waals surface area contributed by atoms with Crippen molar-refractivity contribution >= 4 is 126 Å². The van der Waals surface area contributed by atoms with Crippen molar-refractivity contribution in [2.45, 2.75) is 176 Å². The zero-order valence-electron chi connectivity index (χ0n) is 41.7. The number of thioether (sulfide) groups is 4. The van der Waals surface area contributed by atoms with E-state index in [0.717, 1.165) is 11.5 Å². The first-order valence-corrected chi connectivity index (χ1v) is 34.9. The Hall–Kier alpha value is -1.70. The lowest BCUT2D eigenvalue weighted by atomic mass is 9.98. The first kappa shape index (κ1) is 53.1. The second-order valence-corrected chi connectivity index (χ2v) is 30.6. The lowest BCUT2D eigenvalue weighted by Gasteiger charge is -2.15. The van der Waals surface area contributed by atoms with Gasteiger partial charge in [0, 0.05) is 88.2 Å². The smallest absolute Gasteiger partial charge is 0.0654 e. The van der Waals surface area contributed by atoms with Crippen LogP contribution >= 0.6 is 115 Å². The van der Waals surface area contributed by atoms with Gasteiger partial charge < -0.3 is 0 Å². The van der Waals surface area contributed by atoms with E-state index < -0.39 is 0 Å². The third kappa shape index (κ3) is 13.6. The maximum absolute atomic E-state index is 2.63. The van der Waals surface area contributed by atoms with E-state index in [0.29, 0.717) is 0 Å². The number of hydrogen-bond donors (Lipinski definition) is 0. The molecule has 0 spiro atoms. The highest BCUT2D eigenvalue weighted by molar-refractivity contribution is 8.24. The van der Waals surface area contributed by atoms with Crippen LogP contribution in [0.1, 0.15) is 182 Å². The Morgan fingerprint density at radius 3 is 1.14 bits per heavy atom. The van der Waals surface area contributed by atoms with Crippen LogP contribution in [0.4, 0.5) is 0 Å². The quantitative estimate of drug-likeness (QED) is 0.0325. The number of rotatable bonds is 30. The molecule has 10 heteroatoms. The van der Waals surface area contributed by atoms with Gasteiger partial charge in [0.2, 0.25) is 0 Å². The Morgan fingerprint density at radius 1 is 0.357 bits per heavy atom. The summed E-state index contributed by atoms with van der Waals surface area (Å²) in [4.78, 5) is 12.0. The summed E-state index contributed by atoms with van der Waals surface area (Å²) in [6.45, 7) is 9.24. The number of fused-ring (bicyclic) bond motifs is 6. The van der Waals surface area contributed by atoms with Crippen LogP contribution in [0.25, 0.3) is 32.0 Å². The van der Waals surface area contributed by atoms with E-state index in [1.54, 1.807) is 9.75 Å². The van der Waals surface area contributed by atoms with Crippen LogP contribution in [0.5, 0.6) is 0 Å². The zero-order valence-corrected chi connectivity index (χ0v) is 49.9. The van der Waals surface area contributed by atoms with Gasteiger partial charge in [-0.1, -0.05) is 128 Å². The maximum Gasteiger partial charge on any atom is 0.0654 e. The molecule has 6 heterocycles. The van der Waals surface area contributed by atoms with Crippen molar-refractivity contribution in [2.75, 3.05) is 0 Å². The van der Waals surface area contributed by atoms with Crippen molar-refractivity contribution in [3.05, 3.63) is 144 Å². The average Bonchev–Trinajstić information content (AvgIpc) is 4.23. The van der Waals surface area contributed by atoms with Crippen LogP contribution in [0.15, 0.2) is 100 Å². The molecule has 0 saturated heterocycles. The molecule has 0 N–H and O–H groups in total. The topological polar surface area (TPSA) is 0 Å². The fourth-order valence-corrected chi connectivity index (χ4v) is 21.5. The van der Waals surface area contributed by atoms with Gasteiger partial charge in [0.05, 0.1) is 12.7 Å². The third-order valence-electron chi connectivity index (χ3n) is 13.4. The van der Waals surface area contributed by atoms with Gasteiger partial charge in [-0.05, 0) is 146 Å². The van der Waals surface area contributed by atoms with Crippen LogP contribution in [0.3, 0.4) is 0 Å². The minimum absolute atomic E-state index is 1.02. The zero-order chi connectivity index (χ0) is 48.1. The van der Waals surface area contributed by atoms with Crippen LogP contribution in [-0.4, -0.2) is 0 Å². The van der Waals surface area contributed by atoms with Gasteiger partial charge in [-0.2, -0.15) is 0 Å². The van der Waals surface area contributed by atoms with Crippen molar-refractivity contribution in [1.82, 2.24) is 0 Å². The summed E-state index contributed by atoms with van der Waals surface area (Å²) in [6, 6.07) is 29.4. The molecular formula is C60H70S10. The van der Waals surface area contributed by atoms with Crippen molar-refractivity contribution in [2.24, 2.45) is 0 Å². The van der Waals surface area contributed by atoms with E-state index in [1.807, 2.05) is 91.5 Å². The Kier molecular flexibility index (Phi) is 20.6. The largest absolute Gasteiger partial charge is 0.145 e. The average molecular weight is 1110 g/mol. The van der Waals surface area contributed by atoms with Gasteiger partial charge in [0.1, 0.15) is 0 Å². The monoisotopic (exact) mass is 1110 g/mol. The van der Waals surface area contributed by atoms with Crippen LogP contribution in [0, 0.1) is 0 Å². The molecule has 0 unspecified atom stereocenters. The van der Waals surface area contributed by atoms with Gasteiger partial charge in [-0.3, -0.25) is 0 Å². The molecule has 0 bridgehead atoms. The molecular weight excluding hydrogens is 1040 g/mol. The molecule has 0 nitrogen and oxygen atoms in total. The summed E-state index contributed by atoms with van der Waals surface area (Å²) < 4.78 is 5.73. The number of unbranched alkanes of at least 4 members (excludes halogenated alkanes) is 12. The molecule has 370 valence electrons. The summed E-state index contributed by atoms with van der Waals surface area (Å²) in [5, 5.41) is 4.69. The minimum Gasteiger partial charge on any atom is -0.145 e. The fraction of sp³-hybridized carbons (Fsp3) is 0.433. The Balaban J connectivity index is 1.08. The minimum atomic E-state index is 1.02. The highest BCUT2D eigenvalue weighted by atomic mass is 32.2. The van der Waals surface area contributed by atoms with Gasteiger partial charge in [-0.15, -0.1) is 91.5 Å². The van der Waals surface area contributed by atoms with E-state index in [-0.39, 0.29) is 0 Å². The molecule has 1 aromatic carbocycles. The maximum atomic E-state index is 2.63. The Labute approximate surface area is 462 Å². The van der Waals surface area contributed by atoms with Gasteiger partial charge in [-0.25, -0.2) is 0 Å². The SMILES string of the molecule is CCCCCCc1ccc(CSC(SCc2ccc(CCCCCC)s2)=C2c3cc4c(cc3-c3sccc32)C(=C(Sc2ccc(CCCCCC)s2)Sc2ccc(CCCCCC)s2)c2ccsc2-4)s1. The van der Waals surface area contributed by atoms with E-state index in [9.17, 15) is 0 Å². The van der Waals surface area contributed by atoms with Crippen molar-refractivity contribution < 1.29 is 0 Å². The first-order chi connectivity index (χ1) is 34.5. The number of benzene rings is 1. The first-order valence-electron chi connectivity index (χ1n) is 26.3. The van der Waals surface area contributed by atoms with Crippen molar-refractivity contribution in [3.8, 4) is 20.9 Å². The molecule has 0 amide bonds. The molecule has 0 fully saturated rings. The predicted molar refractivity (Wildman–Crippen MR) is 328 cm³/mol. The van der Waals surface area contributed by atoms with Gasteiger partial charge in [0.25, 0.3) is 0 Å². The Bertz CT molecular complexity index is 2700. The van der Waals surface area contributed by atoms with Gasteiger partial charge in [0.15, 0.2) is 0 Å². The van der Waals surface area contributed by atoms with Crippen LogP contribution < -0.4 is 0 Å². The number of thiophene rings is 6. The van der Waals surface area contributed by atoms with E-state index in [1.165, 1.54) is 219 Å². The summed E-state index contributed by atoms with van der Waals surface area (Å²) >= 11 is 20.2. The second-order valence-electron chi connectivity index (χ2n) is 18.8. The highest BCUT2D eigenvalue weighted by Crippen LogP contribution is 2.60. The molecule has 6 aromatic heterocycles. The fourth-order valence-electron chi connectivity index (χ4n) is 9.58. The van der Waals surface area contributed by atoms with E-state index >= 15 is 0 Å². The highest BCUT2D eigenvalue weighted by Gasteiger charge is 2.35. The summed E-state index contributed by atoms with van der Waals surface area (Å²) in [7, 11) is 0. The molecule has 0 radical (unpaired) electrons. The normalized spacial score (nSPS) is 12.6. The van der Waals surface area contributed by atoms with Gasteiger partial charge >= 0.3 is 0 Å². The van der Waals surface area contributed by atoms with E-state index in [4.69, 9.17) is 0 Å². The molecule has 7 aromatic rings. The third-order valence-corrected chi connectivity index (χ3v) is 25.3. The summed E-state index contributed by atoms with van der Waals surface area (Å²) in [5.74, 6) is 2.04. The molecule has 9 rings (SSSR count). The molecule has 0 aliphatic heterocycles. The molecule has 70 heavy (non-hydrogen) atoms. The lowest BCUT2D eigenvalue weighted by molar-refractivity contribution is 0.670.